The zero-order valence-electron chi connectivity index (χ0n) is 14.0. The Hall–Kier alpha value is -2.87. The van der Waals surface area contributed by atoms with Gasteiger partial charge in [0.2, 0.25) is 0 Å². The molecule has 0 fully saturated rings. The lowest BCUT2D eigenvalue weighted by Crippen LogP contribution is -2.38. The van der Waals surface area contributed by atoms with E-state index in [1.165, 1.54) is 19.1 Å². The number of methoxy groups -OCH3 is 2. The van der Waals surface area contributed by atoms with E-state index in [1.807, 2.05) is 0 Å². The second kappa shape index (κ2) is 8.29. The highest BCUT2D eigenvalue weighted by Crippen LogP contribution is 2.27. The molecule has 1 aliphatic rings. The number of aryl methyl sites for hydroxylation is 1. The van der Waals surface area contributed by atoms with Crippen molar-refractivity contribution in [1.29, 1.82) is 0 Å². The van der Waals surface area contributed by atoms with Crippen LogP contribution in [0.1, 0.15) is 12.0 Å². The van der Waals surface area contributed by atoms with Gasteiger partial charge in [-0.25, -0.2) is 9.59 Å². The van der Waals surface area contributed by atoms with Crippen molar-refractivity contribution in [3.05, 3.63) is 41.1 Å². The zero-order chi connectivity index (χ0) is 18.4. The maximum Gasteiger partial charge on any atom is 0.355 e. The van der Waals surface area contributed by atoms with E-state index in [2.05, 4.69) is 0 Å². The fourth-order valence-electron chi connectivity index (χ4n) is 2.44. The molecule has 1 heterocycles. The van der Waals surface area contributed by atoms with Crippen LogP contribution in [0.4, 0.5) is 5.69 Å². The lowest BCUT2D eigenvalue weighted by Gasteiger charge is -2.31. The number of rotatable bonds is 6. The average molecular weight is 349 g/mol. The molecule has 1 aromatic rings. The van der Waals surface area contributed by atoms with Crippen LogP contribution in [0.25, 0.3) is 0 Å². The van der Waals surface area contributed by atoms with Crippen molar-refractivity contribution in [3.63, 3.8) is 0 Å². The molecule has 0 saturated carbocycles. The maximum absolute atomic E-state index is 12.2. The third kappa shape index (κ3) is 4.36. The highest BCUT2D eigenvalue weighted by Gasteiger charge is 2.32. The third-order valence-corrected chi connectivity index (χ3v) is 3.71. The monoisotopic (exact) mass is 349 g/mol. The topological polar surface area (TPSA) is 102 Å². The van der Waals surface area contributed by atoms with E-state index in [1.54, 1.807) is 24.3 Å². The van der Waals surface area contributed by atoms with Crippen molar-refractivity contribution in [2.24, 2.45) is 0 Å². The van der Waals surface area contributed by atoms with E-state index in [0.29, 0.717) is 12.1 Å². The van der Waals surface area contributed by atoms with Gasteiger partial charge in [-0.15, -0.1) is 0 Å². The molecule has 0 radical (unpaired) electrons. The summed E-state index contributed by atoms with van der Waals surface area (Å²) in [5.41, 5.74) is 1.61. The molecule has 0 aliphatic carbocycles. The van der Waals surface area contributed by atoms with Gasteiger partial charge in [-0.3, -0.25) is 4.79 Å². The van der Waals surface area contributed by atoms with Gasteiger partial charge in [-0.05, 0) is 24.1 Å². The molecule has 1 aliphatic heterocycles. The number of carbonyl (C=O) groups excluding carboxylic acids is 2. The van der Waals surface area contributed by atoms with Crippen LogP contribution in [0.5, 0.6) is 0 Å². The summed E-state index contributed by atoms with van der Waals surface area (Å²) in [6.45, 7) is 0.0176. The molecule has 0 saturated heterocycles. The summed E-state index contributed by atoms with van der Waals surface area (Å²) in [6.07, 6.45) is 0.436. The van der Waals surface area contributed by atoms with Crippen LogP contribution in [-0.2, 0) is 35.0 Å². The Morgan fingerprint density at radius 3 is 2.32 bits per heavy atom. The third-order valence-electron chi connectivity index (χ3n) is 3.71. The molecule has 0 spiro atoms. The van der Waals surface area contributed by atoms with Crippen LogP contribution in [0.2, 0.25) is 0 Å². The van der Waals surface area contributed by atoms with E-state index in [9.17, 15) is 14.4 Å². The summed E-state index contributed by atoms with van der Waals surface area (Å²) in [4.78, 5) is 36.3. The van der Waals surface area contributed by atoms with Crippen molar-refractivity contribution < 1.29 is 33.7 Å². The second-order valence-corrected chi connectivity index (χ2v) is 5.28. The van der Waals surface area contributed by atoms with E-state index in [4.69, 9.17) is 19.3 Å². The van der Waals surface area contributed by atoms with Gasteiger partial charge in [-0.2, -0.15) is 0 Å². The Morgan fingerprint density at radius 1 is 1.12 bits per heavy atom. The summed E-state index contributed by atoms with van der Waals surface area (Å²) < 4.78 is 14.9. The van der Waals surface area contributed by atoms with Crippen LogP contribution >= 0.6 is 0 Å². The molecule has 0 amide bonds. The molecule has 0 bridgehead atoms. The number of nitrogens with zero attached hydrogens (tertiary/aromatic N) is 1. The van der Waals surface area contributed by atoms with Gasteiger partial charge >= 0.3 is 17.9 Å². The van der Waals surface area contributed by atoms with Gasteiger partial charge in [0.1, 0.15) is 12.4 Å². The first kappa shape index (κ1) is 18.5. The largest absolute Gasteiger partial charge is 0.481 e. The van der Waals surface area contributed by atoms with E-state index in [0.717, 1.165) is 5.56 Å². The maximum atomic E-state index is 12.2. The summed E-state index contributed by atoms with van der Waals surface area (Å²) in [5.74, 6) is -2.20. The minimum Gasteiger partial charge on any atom is -0.481 e. The predicted molar refractivity (Wildman–Crippen MR) is 86.8 cm³/mol. The highest BCUT2D eigenvalue weighted by molar-refractivity contribution is 6.03. The molecule has 2 rings (SSSR count). The Labute approximate surface area is 144 Å². The summed E-state index contributed by atoms with van der Waals surface area (Å²) in [6, 6.07) is 6.98. The first-order chi connectivity index (χ1) is 12.0. The van der Waals surface area contributed by atoms with Gasteiger partial charge in [0.25, 0.3) is 0 Å². The molecular weight excluding hydrogens is 330 g/mol. The molecule has 134 valence electrons. The standard InChI is InChI=1S/C17H19NO7/c1-23-16(21)13-9-25-10-18(15(13)17(22)24-2)12-6-3-11(4-7-12)5-8-14(19)20/h3-4,6-7H,5,8-10H2,1-2H3,(H,19,20). The van der Waals surface area contributed by atoms with Gasteiger partial charge < -0.3 is 24.2 Å². The highest BCUT2D eigenvalue weighted by atomic mass is 16.5. The number of anilines is 1. The van der Waals surface area contributed by atoms with Crippen molar-refractivity contribution >= 4 is 23.6 Å². The van der Waals surface area contributed by atoms with Crippen LogP contribution in [0.3, 0.4) is 0 Å². The number of aliphatic carboxylic acids is 1. The van der Waals surface area contributed by atoms with E-state index < -0.39 is 17.9 Å². The van der Waals surface area contributed by atoms with Crippen LogP contribution in [0.15, 0.2) is 35.5 Å². The number of benzene rings is 1. The smallest absolute Gasteiger partial charge is 0.355 e. The average Bonchev–Trinajstić information content (AvgIpc) is 2.64. The van der Waals surface area contributed by atoms with Crippen LogP contribution in [-0.4, -0.2) is 50.6 Å². The molecule has 8 heteroatoms. The van der Waals surface area contributed by atoms with Crippen molar-refractivity contribution in [3.8, 4) is 0 Å². The lowest BCUT2D eigenvalue weighted by molar-refractivity contribution is -0.140. The van der Waals surface area contributed by atoms with E-state index >= 15 is 0 Å². The molecular formula is C17H19NO7. The van der Waals surface area contributed by atoms with Crippen LogP contribution in [0, 0.1) is 0 Å². The van der Waals surface area contributed by atoms with E-state index in [-0.39, 0.29) is 31.0 Å². The predicted octanol–water partition coefficient (Wildman–Crippen LogP) is 1.10. The summed E-state index contributed by atoms with van der Waals surface area (Å²) in [7, 11) is 2.45. The summed E-state index contributed by atoms with van der Waals surface area (Å²) >= 11 is 0. The molecule has 25 heavy (non-hydrogen) atoms. The van der Waals surface area contributed by atoms with Gasteiger partial charge in [0.15, 0.2) is 0 Å². The number of esters is 2. The van der Waals surface area contributed by atoms with Crippen molar-refractivity contribution in [2.45, 2.75) is 12.8 Å². The quantitative estimate of drug-likeness (QED) is 0.762. The molecule has 0 aromatic heterocycles. The van der Waals surface area contributed by atoms with Gasteiger partial charge in [0.05, 0.1) is 26.4 Å². The Kier molecular flexibility index (Phi) is 6.13. The Morgan fingerprint density at radius 2 is 1.76 bits per heavy atom. The fourth-order valence-corrected chi connectivity index (χ4v) is 2.44. The minimum absolute atomic E-state index is 0.0337. The summed E-state index contributed by atoms with van der Waals surface area (Å²) in [5, 5.41) is 8.73. The molecule has 8 nitrogen and oxygen atoms in total. The minimum atomic E-state index is -0.868. The first-order valence-corrected chi connectivity index (χ1v) is 7.53. The van der Waals surface area contributed by atoms with Crippen molar-refractivity contribution in [1.82, 2.24) is 0 Å². The number of ether oxygens (including phenoxy) is 3. The van der Waals surface area contributed by atoms with Gasteiger partial charge in [0, 0.05) is 12.1 Å². The molecule has 0 unspecified atom stereocenters. The first-order valence-electron chi connectivity index (χ1n) is 7.53. The number of carbonyl (C=O) groups is 3. The SMILES string of the molecule is COC(=O)C1=C(C(=O)OC)N(c2ccc(CCC(=O)O)cc2)COC1. The van der Waals surface area contributed by atoms with Crippen molar-refractivity contribution in [2.75, 3.05) is 32.5 Å². The molecule has 1 aromatic carbocycles. The number of hydrogen-bond acceptors (Lipinski definition) is 7. The van der Waals surface area contributed by atoms with Crippen LogP contribution < -0.4 is 4.90 Å². The normalized spacial score (nSPS) is 14.2. The zero-order valence-corrected chi connectivity index (χ0v) is 14.0. The number of hydrogen-bond donors (Lipinski definition) is 1. The second-order valence-electron chi connectivity index (χ2n) is 5.28. The fraction of sp³-hybridized carbons (Fsp3) is 0.353. The lowest BCUT2D eigenvalue weighted by atomic mass is 10.1. The van der Waals surface area contributed by atoms with Gasteiger partial charge in [-0.1, -0.05) is 12.1 Å². The Bertz CT molecular complexity index is 693. The number of carboxylic acid groups (broad SMARTS) is 1. The Balaban J connectivity index is 2.33. The molecule has 1 N–H and O–H groups in total. The molecule has 0 atom stereocenters. The number of carboxylic acids is 1.